The normalized spacial score (nSPS) is 11.1. The van der Waals surface area contributed by atoms with E-state index in [1.807, 2.05) is 13.8 Å². The summed E-state index contributed by atoms with van der Waals surface area (Å²) in [5.74, 6) is 0.125. The van der Waals surface area contributed by atoms with Crippen LogP contribution in [0.15, 0.2) is 34.2 Å². The van der Waals surface area contributed by atoms with E-state index in [9.17, 15) is 14.9 Å². The van der Waals surface area contributed by atoms with Gasteiger partial charge in [-0.05, 0) is 48.6 Å². The molecule has 0 aliphatic rings. The van der Waals surface area contributed by atoms with Crippen molar-refractivity contribution in [3.8, 4) is 5.75 Å². The number of hydrogen-bond acceptors (Lipinski definition) is 7. The van der Waals surface area contributed by atoms with Crippen LogP contribution in [0.25, 0.3) is 0 Å². The van der Waals surface area contributed by atoms with Crippen molar-refractivity contribution in [1.29, 1.82) is 0 Å². The number of aromatic nitrogens is 2. The van der Waals surface area contributed by atoms with Gasteiger partial charge in [0.1, 0.15) is 10.8 Å². The first kappa shape index (κ1) is 18.4. The molecule has 0 aliphatic carbocycles. The molecule has 1 N–H and O–H groups in total. The summed E-state index contributed by atoms with van der Waals surface area (Å²) in [6, 6.07) is 7.08. The number of nitrogens with one attached hydrogen (secondary N) is 1. The lowest BCUT2D eigenvalue weighted by Crippen LogP contribution is -2.22. The van der Waals surface area contributed by atoms with Crippen LogP contribution in [0, 0.1) is 10.1 Å². The molecule has 0 saturated heterocycles. The fraction of sp³-hybridized carbons (Fsp3) is 0.267. The Morgan fingerprint density at radius 2 is 2.04 bits per heavy atom. The summed E-state index contributed by atoms with van der Waals surface area (Å²) in [6.45, 7) is 3.85. The smallest absolute Gasteiger partial charge is 0.415 e. The van der Waals surface area contributed by atoms with Crippen LogP contribution in [0.2, 0.25) is 5.02 Å². The lowest BCUT2D eigenvalue weighted by Gasteiger charge is -2.09. The van der Waals surface area contributed by atoms with Crippen molar-refractivity contribution in [3.63, 3.8) is 0 Å². The minimum Gasteiger partial charge on any atom is -0.491 e. The molecule has 2 aromatic rings. The van der Waals surface area contributed by atoms with Crippen LogP contribution in [-0.2, 0) is 7.05 Å². The number of rotatable bonds is 6. The molecular weight excluding hydrogens is 350 g/mol. The van der Waals surface area contributed by atoms with E-state index < -0.39 is 16.3 Å². The number of nitrogens with zero attached hydrogens (tertiary/aromatic N) is 4. The van der Waals surface area contributed by atoms with E-state index in [0.717, 1.165) is 16.0 Å². The highest BCUT2D eigenvalue weighted by molar-refractivity contribution is 6.33. The monoisotopic (exact) mass is 365 g/mol. The summed E-state index contributed by atoms with van der Waals surface area (Å²) in [5.41, 5.74) is 2.21. The third kappa shape index (κ3) is 4.54. The molecule has 0 radical (unpaired) electrons. The van der Waals surface area contributed by atoms with Gasteiger partial charge in [0.05, 0.1) is 24.5 Å². The van der Waals surface area contributed by atoms with Gasteiger partial charge in [-0.1, -0.05) is 11.6 Å². The average Bonchev–Trinajstić information content (AvgIpc) is 2.55. The maximum atomic E-state index is 11.8. The fourth-order valence-electron chi connectivity index (χ4n) is 1.89. The van der Waals surface area contributed by atoms with Gasteiger partial charge in [-0.3, -0.25) is 10.2 Å². The molecule has 0 atom stereocenters. The van der Waals surface area contributed by atoms with E-state index >= 15 is 0 Å². The number of benzene rings is 1. The van der Waals surface area contributed by atoms with Gasteiger partial charge in [-0.25, -0.2) is 0 Å². The Bertz CT molecular complexity index is 861. The molecule has 132 valence electrons. The number of aryl methyl sites for hydroxylation is 1. The molecular formula is C15H16ClN5O4. The number of hydrazone groups is 1. The topological polar surface area (TPSA) is 112 Å². The molecule has 0 saturated carbocycles. The van der Waals surface area contributed by atoms with Gasteiger partial charge in [0.15, 0.2) is 5.69 Å². The fourth-order valence-corrected chi connectivity index (χ4v) is 2.14. The Balaban J connectivity index is 2.21. The zero-order valence-electron chi connectivity index (χ0n) is 13.8. The Morgan fingerprint density at radius 1 is 1.40 bits per heavy atom. The molecule has 1 aromatic carbocycles. The molecule has 0 amide bonds. The van der Waals surface area contributed by atoms with Gasteiger partial charge in [0.25, 0.3) is 0 Å². The zero-order valence-corrected chi connectivity index (χ0v) is 14.5. The molecule has 1 aromatic heterocycles. The summed E-state index contributed by atoms with van der Waals surface area (Å²) in [4.78, 5) is 22.1. The van der Waals surface area contributed by atoms with Crippen molar-refractivity contribution in [1.82, 2.24) is 9.78 Å². The largest absolute Gasteiger partial charge is 0.491 e. The number of hydrogen-bond donors (Lipinski definition) is 1. The van der Waals surface area contributed by atoms with Crippen LogP contribution in [0.1, 0.15) is 19.4 Å². The van der Waals surface area contributed by atoms with Crippen molar-refractivity contribution in [2.24, 2.45) is 12.1 Å². The number of halogens is 1. The van der Waals surface area contributed by atoms with Gasteiger partial charge in [-0.15, -0.1) is 4.68 Å². The second kappa shape index (κ2) is 7.75. The molecule has 1 heterocycles. The summed E-state index contributed by atoms with van der Waals surface area (Å²) in [7, 11) is 1.27. The van der Waals surface area contributed by atoms with E-state index in [-0.39, 0.29) is 16.8 Å². The lowest BCUT2D eigenvalue weighted by atomic mass is 10.2. The van der Waals surface area contributed by atoms with Gasteiger partial charge in [-0.2, -0.15) is 5.10 Å². The zero-order chi connectivity index (χ0) is 18.6. The van der Waals surface area contributed by atoms with Gasteiger partial charge in [0.2, 0.25) is 0 Å². The summed E-state index contributed by atoms with van der Waals surface area (Å²) in [6.07, 6.45) is 1.49. The van der Waals surface area contributed by atoms with Gasteiger partial charge < -0.3 is 14.9 Å². The maximum absolute atomic E-state index is 11.8. The quantitative estimate of drug-likeness (QED) is 0.478. The van der Waals surface area contributed by atoms with Crippen LogP contribution in [0.3, 0.4) is 0 Å². The second-order valence-electron chi connectivity index (χ2n) is 5.30. The predicted molar refractivity (Wildman–Crippen MR) is 94.6 cm³/mol. The molecule has 0 bridgehead atoms. The van der Waals surface area contributed by atoms with Crippen LogP contribution < -0.4 is 15.7 Å². The van der Waals surface area contributed by atoms with Crippen LogP contribution in [0.5, 0.6) is 5.75 Å². The first-order chi connectivity index (χ1) is 11.8. The van der Waals surface area contributed by atoms with Crippen molar-refractivity contribution in [3.05, 3.63) is 55.3 Å². The highest BCUT2D eigenvalue weighted by Gasteiger charge is 2.24. The maximum Gasteiger partial charge on any atom is 0.415 e. The van der Waals surface area contributed by atoms with Crippen molar-refractivity contribution in [2.75, 3.05) is 5.43 Å². The average molecular weight is 366 g/mol. The third-order valence-corrected chi connectivity index (χ3v) is 3.33. The molecule has 0 spiro atoms. The highest BCUT2D eigenvalue weighted by Crippen LogP contribution is 2.26. The highest BCUT2D eigenvalue weighted by atomic mass is 35.5. The molecule has 10 heteroatoms. The molecule has 2 rings (SSSR count). The van der Waals surface area contributed by atoms with E-state index in [2.05, 4.69) is 15.6 Å². The number of ether oxygens (including phenoxy) is 1. The minimum atomic E-state index is -0.749. The van der Waals surface area contributed by atoms with E-state index in [0.29, 0.717) is 0 Å². The summed E-state index contributed by atoms with van der Waals surface area (Å²) >= 11 is 5.87. The van der Waals surface area contributed by atoms with Crippen molar-refractivity contribution in [2.45, 2.75) is 20.0 Å². The summed E-state index contributed by atoms with van der Waals surface area (Å²) in [5, 5.41) is 18.1. The van der Waals surface area contributed by atoms with Crippen molar-refractivity contribution < 1.29 is 9.66 Å². The van der Waals surface area contributed by atoms with Gasteiger partial charge >= 0.3 is 11.4 Å². The van der Waals surface area contributed by atoms with E-state index in [1.165, 1.54) is 13.3 Å². The van der Waals surface area contributed by atoms with Crippen LogP contribution in [0.4, 0.5) is 11.5 Å². The first-order valence-corrected chi connectivity index (χ1v) is 7.64. The standard InChI is InChI=1S/C15H16ClN5O4/c1-9(2)25-11-6-4-10(5-7-11)8-17-18-13-12(16)15(22)20(3)19-14(13)21(23)24/h4-9,18H,1-3H3/b17-8+. The number of nitro groups is 1. The van der Waals surface area contributed by atoms with Crippen LogP contribution >= 0.6 is 11.6 Å². The van der Waals surface area contributed by atoms with E-state index in [4.69, 9.17) is 16.3 Å². The Labute approximate surface area is 148 Å². The molecule has 9 nitrogen and oxygen atoms in total. The number of anilines is 1. The molecule has 0 aliphatic heterocycles. The lowest BCUT2D eigenvalue weighted by molar-refractivity contribution is -0.389. The Hall–Kier alpha value is -2.94. The first-order valence-electron chi connectivity index (χ1n) is 7.26. The molecule has 0 unspecified atom stereocenters. The second-order valence-corrected chi connectivity index (χ2v) is 5.68. The Morgan fingerprint density at radius 3 is 2.60 bits per heavy atom. The van der Waals surface area contributed by atoms with Crippen molar-refractivity contribution >= 4 is 29.3 Å². The Kier molecular flexibility index (Phi) is 5.71. The molecule has 25 heavy (non-hydrogen) atoms. The SMILES string of the molecule is CC(C)Oc1ccc(/C=N/Nc2c([N+](=O)[O-])nn(C)c(=O)c2Cl)cc1. The van der Waals surface area contributed by atoms with Gasteiger partial charge in [0, 0.05) is 0 Å². The minimum absolute atomic E-state index is 0.0667. The summed E-state index contributed by atoms with van der Waals surface area (Å²) < 4.78 is 6.32. The van der Waals surface area contributed by atoms with E-state index in [1.54, 1.807) is 24.3 Å². The molecule has 0 fully saturated rings. The van der Waals surface area contributed by atoms with Crippen LogP contribution in [-0.4, -0.2) is 27.0 Å². The predicted octanol–water partition coefficient (Wildman–Crippen LogP) is 2.58. The third-order valence-electron chi connectivity index (χ3n) is 2.98.